The normalized spacial score (nSPS) is 20.3. The predicted molar refractivity (Wildman–Crippen MR) is 74.8 cm³/mol. The highest BCUT2D eigenvalue weighted by Gasteiger charge is 2.50. The number of rotatable bonds is 1. The van der Waals surface area contributed by atoms with Gasteiger partial charge in [0.15, 0.2) is 11.5 Å². The smallest absolute Gasteiger partial charge is 0.194 e. The van der Waals surface area contributed by atoms with Crippen LogP contribution in [0.5, 0.6) is 0 Å². The SMILES string of the molecule is CC(=O)c1cc2cc3c(cc2o1)C(C)(C)N([O])C3(C)C. The van der Waals surface area contributed by atoms with Crippen LogP contribution in [0.2, 0.25) is 0 Å². The second-order valence-electron chi connectivity index (χ2n) is 6.51. The van der Waals surface area contributed by atoms with Gasteiger partial charge in [-0.15, -0.1) is 10.3 Å². The van der Waals surface area contributed by atoms with Crippen LogP contribution in [0.3, 0.4) is 0 Å². The lowest BCUT2D eigenvalue weighted by atomic mass is 9.90. The Morgan fingerprint density at radius 3 is 2.15 bits per heavy atom. The second kappa shape index (κ2) is 3.71. The van der Waals surface area contributed by atoms with Crippen LogP contribution in [0.25, 0.3) is 11.0 Å². The van der Waals surface area contributed by atoms with E-state index in [-0.39, 0.29) is 5.78 Å². The quantitative estimate of drug-likeness (QED) is 0.742. The first-order valence-electron chi connectivity index (χ1n) is 6.72. The summed E-state index contributed by atoms with van der Waals surface area (Å²) in [4.78, 5) is 11.4. The molecule has 0 aliphatic carbocycles. The Hall–Kier alpha value is -1.65. The highest BCUT2D eigenvalue weighted by atomic mass is 16.5. The fraction of sp³-hybridized carbons (Fsp3) is 0.438. The lowest BCUT2D eigenvalue weighted by Crippen LogP contribution is -2.41. The Labute approximate surface area is 117 Å². The average molecular weight is 272 g/mol. The Morgan fingerprint density at radius 2 is 1.60 bits per heavy atom. The minimum Gasteiger partial charge on any atom is -0.453 e. The van der Waals surface area contributed by atoms with Gasteiger partial charge < -0.3 is 4.42 Å². The first-order chi connectivity index (χ1) is 9.15. The molecule has 2 aromatic rings. The molecular weight excluding hydrogens is 254 g/mol. The molecule has 0 saturated heterocycles. The number of nitrogens with zero attached hydrogens (tertiary/aromatic N) is 1. The Balaban J connectivity index is 2.31. The number of carbonyl (C=O) groups excluding carboxylic acids is 1. The van der Waals surface area contributed by atoms with Gasteiger partial charge in [0, 0.05) is 12.3 Å². The summed E-state index contributed by atoms with van der Waals surface area (Å²) >= 11 is 0. The number of furan rings is 1. The van der Waals surface area contributed by atoms with E-state index in [4.69, 9.17) is 4.42 Å². The fourth-order valence-electron chi connectivity index (χ4n) is 3.19. The Morgan fingerprint density at radius 1 is 1.05 bits per heavy atom. The summed E-state index contributed by atoms with van der Waals surface area (Å²) in [6.07, 6.45) is 0. The van der Waals surface area contributed by atoms with Gasteiger partial charge in [-0.3, -0.25) is 4.79 Å². The largest absolute Gasteiger partial charge is 0.453 e. The maximum Gasteiger partial charge on any atom is 0.194 e. The van der Waals surface area contributed by atoms with Gasteiger partial charge in [-0.1, -0.05) is 0 Å². The molecule has 20 heavy (non-hydrogen) atoms. The number of hydrogen-bond acceptors (Lipinski definition) is 3. The summed E-state index contributed by atoms with van der Waals surface area (Å²) in [5, 5.41) is 14.5. The monoisotopic (exact) mass is 272 g/mol. The standard InChI is InChI=1S/C16H18NO3/c1-9(18)13-7-10-6-11-12(8-14(10)20-13)16(4,5)17(19)15(11,2)3/h6-8H,1-5H3. The van der Waals surface area contributed by atoms with E-state index < -0.39 is 11.1 Å². The van der Waals surface area contributed by atoms with Crippen molar-refractivity contribution in [3.8, 4) is 0 Å². The number of benzene rings is 1. The fourth-order valence-corrected chi connectivity index (χ4v) is 3.19. The van der Waals surface area contributed by atoms with Crippen LogP contribution < -0.4 is 0 Å². The molecule has 4 heteroatoms. The molecule has 1 aliphatic heterocycles. The molecular formula is C16H18NO3. The van der Waals surface area contributed by atoms with Crippen molar-refractivity contribution in [1.82, 2.24) is 5.06 Å². The lowest BCUT2D eigenvalue weighted by molar-refractivity contribution is -0.266. The third-order valence-electron chi connectivity index (χ3n) is 4.34. The van der Waals surface area contributed by atoms with Gasteiger partial charge in [-0.05, 0) is 57.0 Å². The third kappa shape index (κ3) is 1.52. The number of fused-ring (bicyclic) bond motifs is 2. The molecule has 0 N–H and O–H groups in total. The van der Waals surface area contributed by atoms with Crippen LogP contribution in [0, 0.1) is 0 Å². The summed E-state index contributed by atoms with van der Waals surface area (Å²) in [6.45, 7) is 9.15. The van der Waals surface area contributed by atoms with Gasteiger partial charge in [-0.2, -0.15) is 0 Å². The van der Waals surface area contributed by atoms with Crippen molar-refractivity contribution in [2.45, 2.75) is 45.7 Å². The summed E-state index contributed by atoms with van der Waals surface area (Å²) < 4.78 is 5.58. The number of carbonyl (C=O) groups is 1. The van der Waals surface area contributed by atoms with E-state index in [2.05, 4.69) is 0 Å². The van der Waals surface area contributed by atoms with E-state index in [1.54, 1.807) is 6.07 Å². The van der Waals surface area contributed by atoms with Gasteiger partial charge in [0.1, 0.15) is 5.58 Å². The molecule has 105 valence electrons. The zero-order chi connectivity index (χ0) is 14.9. The van der Waals surface area contributed by atoms with Crippen molar-refractivity contribution in [3.63, 3.8) is 0 Å². The minimum atomic E-state index is -0.601. The van der Waals surface area contributed by atoms with Gasteiger partial charge in [0.05, 0.1) is 11.1 Å². The summed E-state index contributed by atoms with van der Waals surface area (Å²) in [7, 11) is 0. The van der Waals surface area contributed by atoms with Crippen LogP contribution in [0.4, 0.5) is 0 Å². The van der Waals surface area contributed by atoms with Crippen LogP contribution in [-0.2, 0) is 16.3 Å². The first-order valence-corrected chi connectivity index (χ1v) is 6.72. The Kier molecular flexibility index (Phi) is 2.48. The molecule has 0 spiro atoms. The highest BCUT2D eigenvalue weighted by molar-refractivity contribution is 5.96. The molecule has 0 atom stereocenters. The maximum atomic E-state index is 12.5. The van der Waals surface area contributed by atoms with Gasteiger partial charge >= 0.3 is 0 Å². The van der Waals surface area contributed by atoms with Crippen molar-refractivity contribution in [1.29, 1.82) is 0 Å². The summed E-state index contributed by atoms with van der Waals surface area (Å²) in [6, 6.07) is 5.62. The van der Waals surface area contributed by atoms with E-state index in [0.29, 0.717) is 11.3 Å². The maximum absolute atomic E-state index is 12.5. The van der Waals surface area contributed by atoms with E-state index in [1.807, 2.05) is 39.8 Å². The molecule has 0 amide bonds. The minimum absolute atomic E-state index is 0.0923. The number of hydrogen-bond donors (Lipinski definition) is 0. The van der Waals surface area contributed by atoms with E-state index in [9.17, 15) is 10.0 Å². The van der Waals surface area contributed by atoms with Crippen molar-refractivity contribution < 1.29 is 14.4 Å². The first kappa shape index (κ1) is 13.3. The van der Waals surface area contributed by atoms with Crippen molar-refractivity contribution in [3.05, 3.63) is 35.1 Å². The predicted octanol–water partition coefficient (Wildman–Crippen LogP) is 3.77. The lowest BCUT2D eigenvalue weighted by Gasteiger charge is -2.32. The molecule has 0 fully saturated rings. The summed E-state index contributed by atoms with van der Waals surface area (Å²) in [5.74, 6) is 0.267. The van der Waals surface area contributed by atoms with Crippen molar-refractivity contribution >= 4 is 16.8 Å². The van der Waals surface area contributed by atoms with E-state index in [0.717, 1.165) is 21.6 Å². The molecule has 0 saturated carbocycles. The zero-order valence-electron chi connectivity index (χ0n) is 12.4. The molecule has 1 aromatic heterocycles. The molecule has 1 aromatic carbocycles. The van der Waals surface area contributed by atoms with Crippen LogP contribution in [0.1, 0.15) is 56.3 Å². The molecule has 0 bridgehead atoms. The van der Waals surface area contributed by atoms with Crippen LogP contribution in [0.15, 0.2) is 22.6 Å². The van der Waals surface area contributed by atoms with Crippen molar-refractivity contribution in [2.24, 2.45) is 0 Å². The summed E-state index contributed by atoms with van der Waals surface area (Å²) in [5.41, 5.74) is 1.44. The van der Waals surface area contributed by atoms with Crippen LogP contribution in [-0.4, -0.2) is 10.8 Å². The molecule has 1 radical (unpaired) electrons. The highest BCUT2D eigenvalue weighted by Crippen LogP contribution is 2.49. The van der Waals surface area contributed by atoms with Crippen LogP contribution >= 0.6 is 0 Å². The average Bonchev–Trinajstić information content (AvgIpc) is 2.83. The van der Waals surface area contributed by atoms with Gasteiger partial charge in [0.25, 0.3) is 0 Å². The van der Waals surface area contributed by atoms with Crippen molar-refractivity contribution in [2.75, 3.05) is 0 Å². The molecule has 2 heterocycles. The van der Waals surface area contributed by atoms with E-state index in [1.165, 1.54) is 6.92 Å². The molecule has 3 rings (SSSR count). The second-order valence-corrected chi connectivity index (χ2v) is 6.51. The molecule has 0 unspecified atom stereocenters. The molecule has 1 aliphatic rings. The van der Waals surface area contributed by atoms with Gasteiger partial charge in [0.2, 0.25) is 0 Å². The van der Waals surface area contributed by atoms with E-state index >= 15 is 0 Å². The van der Waals surface area contributed by atoms with Gasteiger partial charge in [-0.25, -0.2) is 0 Å². The topological polar surface area (TPSA) is 53.4 Å². The molecule has 4 nitrogen and oxygen atoms in total. The Bertz CT molecular complexity index is 672. The number of ketones is 1. The zero-order valence-corrected chi connectivity index (χ0v) is 12.4. The number of hydroxylamine groups is 2. The third-order valence-corrected chi connectivity index (χ3v) is 4.34. The number of Topliss-reactive ketones (excluding diaryl/α,β-unsaturated/α-hetero) is 1.